The summed E-state index contributed by atoms with van der Waals surface area (Å²) in [5.41, 5.74) is 0. The standard InChI is InChI=1S/C7H19N2O4PS2/c1-6-13-14(10,15-7-2)9(5)16(11,12)8(3)4/h6-7H2,1-5H3. The molecule has 0 aliphatic rings. The van der Waals surface area contributed by atoms with E-state index >= 15 is 0 Å². The SMILES string of the molecule is CCOP(=O)(SCC)N(C)S(=O)(=O)N(C)C. The highest BCUT2D eigenvalue weighted by atomic mass is 32.7. The lowest BCUT2D eigenvalue weighted by Crippen LogP contribution is -2.35. The van der Waals surface area contributed by atoms with Gasteiger partial charge in [0.05, 0.1) is 6.61 Å². The van der Waals surface area contributed by atoms with E-state index in [0.29, 0.717) is 5.75 Å². The van der Waals surface area contributed by atoms with Crippen molar-refractivity contribution < 1.29 is 17.5 Å². The van der Waals surface area contributed by atoms with Gasteiger partial charge in [-0.15, -0.1) is 4.08 Å². The molecular formula is C7H19N2O4PS2. The number of hydrogen-bond donors (Lipinski definition) is 0. The van der Waals surface area contributed by atoms with Gasteiger partial charge in [-0.25, -0.2) is 0 Å². The van der Waals surface area contributed by atoms with Gasteiger partial charge in [-0.2, -0.15) is 12.7 Å². The van der Waals surface area contributed by atoms with Gasteiger partial charge in [0.2, 0.25) is 0 Å². The van der Waals surface area contributed by atoms with Crippen LogP contribution in [-0.4, -0.2) is 50.3 Å². The molecule has 0 N–H and O–H groups in total. The molecule has 0 radical (unpaired) electrons. The molecule has 0 saturated carbocycles. The molecule has 0 rings (SSSR count). The molecule has 0 bridgehead atoms. The van der Waals surface area contributed by atoms with Crippen molar-refractivity contribution in [3.8, 4) is 0 Å². The molecule has 0 saturated heterocycles. The minimum absolute atomic E-state index is 0.206. The molecule has 6 nitrogen and oxygen atoms in total. The van der Waals surface area contributed by atoms with Crippen LogP contribution in [0, 0.1) is 0 Å². The molecule has 0 aromatic rings. The van der Waals surface area contributed by atoms with Crippen molar-refractivity contribution in [1.82, 2.24) is 8.38 Å². The molecule has 0 spiro atoms. The van der Waals surface area contributed by atoms with Gasteiger partial charge < -0.3 is 4.52 Å². The average molecular weight is 290 g/mol. The van der Waals surface area contributed by atoms with E-state index in [1.54, 1.807) is 13.8 Å². The van der Waals surface area contributed by atoms with Crippen LogP contribution >= 0.6 is 18.1 Å². The third-order valence-electron chi connectivity index (χ3n) is 1.72. The molecule has 1 unspecified atom stereocenters. The number of hydrogen-bond acceptors (Lipinski definition) is 5. The van der Waals surface area contributed by atoms with Crippen LogP contribution in [-0.2, 0) is 19.3 Å². The largest absolute Gasteiger partial charge is 0.343 e. The average Bonchev–Trinajstić information content (AvgIpc) is 2.17. The summed E-state index contributed by atoms with van der Waals surface area (Å²) in [7, 11) is 0.326. The molecule has 0 aromatic carbocycles. The lowest BCUT2D eigenvalue weighted by atomic mass is 10.9. The molecule has 16 heavy (non-hydrogen) atoms. The van der Waals surface area contributed by atoms with Gasteiger partial charge in [-0.3, -0.25) is 4.57 Å². The molecule has 98 valence electrons. The van der Waals surface area contributed by atoms with Gasteiger partial charge in [0.15, 0.2) is 0 Å². The van der Waals surface area contributed by atoms with Crippen LogP contribution < -0.4 is 0 Å². The molecule has 0 heterocycles. The van der Waals surface area contributed by atoms with E-state index < -0.39 is 16.9 Å². The lowest BCUT2D eigenvalue weighted by molar-refractivity contribution is 0.321. The number of rotatable bonds is 7. The molecule has 0 aliphatic heterocycles. The first-order chi connectivity index (χ1) is 7.22. The second-order valence-corrected chi connectivity index (χ2v) is 10.3. The molecule has 0 amide bonds. The summed E-state index contributed by atoms with van der Waals surface area (Å²) in [6, 6.07) is 0. The minimum Gasteiger partial charge on any atom is -0.309 e. The molecule has 9 heteroatoms. The van der Waals surface area contributed by atoms with E-state index in [9.17, 15) is 13.0 Å². The fourth-order valence-electron chi connectivity index (χ4n) is 0.889. The third-order valence-corrected chi connectivity index (χ3v) is 9.55. The molecular weight excluding hydrogens is 271 g/mol. The molecule has 1 atom stereocenters. The Morgan fingerprint density at radius 1 is 1.25 bits per heavy atom. The quantitative estimate of drug-likeness (QED) is 0.667. The van der Waals surface area contributed by atoms with Crippen molar-refractivity contribution in [2.24, 2.45) is 0 Å². The second kappa shape index (κ2) is 6.37. The van der Waals surface area contributed by atoms with E-state index in [1.807, 2.05) is 0 Å². The zero-order valence-corrected chi connectivity index (χ0v) is 12.7. The van der Waals surface area contributed by atoms with Crippen molar-refractivity contribution >= 4 is 28.3 Å². The third kappa shape index (κ3) is 3.72. The van der Waals surface area contributed by atoms with Crippen LogP contribution in [0.1, 0.15) is 13.8 Å². The molecule has 0 aliphatic carbocycles. The zero-order valence-electron chi connectivity index (χ0n) is 10.2. The van der Waals surface area contributed by atoms with E-state index in [4.69, 9.17) is 4.52 Å². The summed E-state index contributed by atoms with van der Waals surface area (Å²) in [5.74, 6) is 0.518. The van der Waals surface area contributed by atoms with Gasteiger partial charge >= 0.3 is 6.72 Å². The maximum atomic E-state index is 12.3. The summed E-state index contributed by atoms with van der Waals surface area (Å²) >= 11 is 1.01. The molecule has 0 aromatic heterocycles. The van der Waals surface area contributed by atoms with Crippen molar-refractivity contribution in [1.29, 1.82) is 0 Å². The first kappa shape index (κ1) is 16.4. The fraction of sp³-hybridized carbons (Fsp3) is 1.00. The van der Waals surface area contributed by atoms with E-state index in [1.165, 1.54) is 21.1 Å². The predicted molar refractivity (Wildman–Crippen MR) is 67.7 cm³/mol. The maximum Gasteiger partial charge on any atom is 0.343 e. The highest BCUT2D eigenvalue weighted by Gasteiger charge is 2.38. The van der Waals surface area contributed by atoms with Crippen LogP contribution in [0.5, 0.6) is 0 Å². The normalized spacial score (nSPS) is 16.7. The Morgan fingerprint density at radius 3 is 2.06 bits per heavy atom. The van der Waals surface area contributed by atoms with Crippen molar-refractivity contribution in [3.63, 3.8) is 0 Å². The lowest BCUT2D eigenvalue weighted by Gasteiger charge is -2.27. The highest BCUT2D eigenvalue weighted by molar-refractivity contribution is 8.56. The van der Waals surface area contributed by atoms with Crippen LogP contribution in [0.4, 0.5) is 0 Å². The van der Waals surface area contributed by atoms with Gasteiger partial charge in [0, 0.05) is 26.9 Å². The van der Waals surface area contributed by atoms with Crippen LogP contribution in [0.25, 0.3) is 0 Å². The van der Waals surface area contributed by atoms with Crippen molar-refractivity contribution in [2.75, 3.05) is 33.5 Å². The van der Waals surface area contributed by atoms with Gasteiger partial charge in [-0.05, 0) is 6.92 Å². The summed E-state index contributed by atoms with van der Waals surface area (Å²) in [5, 5.41) is 0. The van der Waals surface area contributed by atoms with E-state index in [0.717, 1.165) is 19.8 Å². The summed E-state index contributed by atoms with van der Waals surface area (Å²) < 4.78 is 42.9. The van der Waals surface area contributed by atoms with Crippen LogP contribution in [0.15, 0.2) is 0 Å². The topological polar surface area (TPSA) is 66.9 Å². The maximum absolute atomic E-state index is 12.3. The summed E-state index contributed by atoms with van der Waals surface area (Å²) in [6.07, 6.45) is 0. The Bertz CT molecular complexity index is 347. The van der Waals surface area contributed by atoms with E-state index in [2.05, 4.69) is 0 Å². The van der Waals surface area contributed by atoms with Crippen molar-refractivity contribution in [2.45, 2.75) is 13.8 Å². The Kier molecular flexibility index (Phi) is 6.53. The predicted octanol–water partition coefficient (Wildman–Crippen LogP) is 1.62. The Hall–Kier alpha value is 0.410. The van der Waals surface area contributed by atoms with Gasteiger partial charge in [-0.1, -0.05) is 18.3 Å². The Balaban J connectivity index is 5.18. The Morgan fingerprint density at radius 2 is 1.75 bits per heavy atom. The first-order valence-electron chi connectivity index (χ1n) is 4.78. The minimum atomic E-state index is -3.72. The van der Waals surface area contributed by atoms with Crippen LogP contribution in [0.3, 0.4) is 0 Å². The van der Waals surface area contributed by atoms with Gasteiger partial charge in [0.1, 0.15) is 0 Å². The zero-order chi connectivity index (χ0) is 13.0. The van der Waals surface area contributed by atoms with Crippen molar-refractivity contribution in [3.05, 3.63) is 0 Å². The van der Waals surface area contributed by atoms with Crippen LogP contribution in [0.2, 0.25) is 0 Å². The first-order valence-corrected chi connectivity index (χ1v) is 9.34. The highest BCUT2D eigenvalue weighted by Crippen LogP contribution is 2.62. The number of nitrogens with zero attached hydrogens (tertiary/aromatic N) is 2. The van der Waals surface area contributed by atoms with E-state index in [-0.39, 0.29) is 6.61 Å². The summed E-state index contributed by atoms with van der Waals surface area (Å²) in [6.45, 7) is 0.318. The van der Waals surface area contributed by atoms with Gasteiger partial charge in [0.25, 0.3) is 10.2 Å². The Labute approximate surface area is 102 Å². The second-order valence-electron chi connectivity index (χ2n) is 3.03. The fourth-order valence-corrected chi connectivity index (χ4v) is 7.19. The smallest absolute Gasteiger partial charge is 0.309 e. The summed E-state index contributed by atoms with van der Waals surface area (Å²) in [4.78, 5) is 0. The monoisotopic (exact) mass is 290 g/mol. The molecule has 0 fully saturated rings.